The van der Waals surface area contributed by atoms with Crippen LogP contribution in [-0.4, -0.2) is 79.8 Å². The first-order valence-corrected chi connectivity index (χ1v) is 15.7. The van der Waals surface area contributed by atoms with Crippen molar-refractivity contribution in [3.05, 3.63) is 64.2 Å². The number of nitrogens with zero attached hydrogens (tertiary/aromatic N) is 5. The zero-order valence-electron chi connectivity index (χ0n) is 23.7. The number of nitrogen functional groups attached to an aromatic ring is 1. The van der Waals surface area contributed by atoms with E-state index in [0.29, 0.717) is 5.57 Å². The molecule has 2 aliphatic heterocycles. The molecule has 15 nitrogen and oxygen atoms in total. The first kappa shape index (κ1) is 32.0. The molecule has 0 radical (unpaired) electrons. The van der Waals surface area contributed by atoms with Crippen molar-refractivity contribution in [3.8, 4) is 0 Å². The maximum absolute atomic E-state index is 13.3. The Balaban J connectivity index is 1.37. The van der Waals surface area contributed by atoms with E-state index in [0.717, 1.165) is 46.8 Å². The molecule has 18 heteroatoms. The minimum Gasteiger partial charge on any atom is -0.543 e. The summed E-state index contributed by atoms with van der Waals surface area (Å²) in [6.07, 6.45) is 4.76. The van der Waals surface area contributed by atoms with Gasteiger partial charge in [-0.1, -0.05) is 28.1 Å². The van der Waals surface area contributed by atoms with Gasteiger partial charge in [-0.05, 0) is 32.7 Å². The number of carboxylic acid groups (broad SMARTS) is 2. The number of nitrogens with two attached hydrogens (primary N) is 1. The predicted octanol–water partition coefficient (Wildman–Crippen LogP) is -0.346. The molecule has 1 fully saturated rings. The number of halogens is 1. The largest absolute Gasteiger partial charge is 0.543 e. The van der Waals surface area contributed by atoms with E-state index < -0.39 is 46.6 Å². The number of rotatable bonds is 13. The van der Waals surface area contributed by atoms with Gasteiger partial charge in [-0.15, -0.1) is 11.8 Å². The van der Waals surface area contributed by atoms with Crippen LogP contribution in [0.4, 0.5) is 5.13 Å². The van der Waals surface area contributed by atoms with Crippen LogP contribution in [0.1, 0.15) is 12.1 Å². The lowest BCUT2D eigenvalue weighted by Crippen LogP contribution is -2.71. The highest BCUT2D eigenvalue weighted by molar-refractivity contribution is 8.00. The number of hydrogen-bond acceptors (Lipinski definition) is 12. The summed E-state index contributed by atoms with van der Waals surface area (Å²) in [5, 5.41) is 29.8. The number of carbonyl (C=O) groups excluding carboxylic acids is 3. The van der Waals surface area contributed by atoms with Gasteiger partial charge in [0.2, 0.25) is 11.3 Å². The first-order chi connectivity index (χ1) is 21.5. The molecule has 0 aromatic carbocycles. The van der Waals surface area contributed by atoms with Gasteiger partial charge in [0.1, 0.15) is 27.0 Å². The van der Waals surface area contributed by atoms with E-state index in [4.69, 9.17) is 27.3 Å². The second-order valence-electron chi connectivity index (χ2n) is 9.91. The highest BCUT2D eigenvalue weighted by atomic mass is 35.5. The van der Waals surface area contributed by atoms with Crippen LogP contribution in [-0.2, 0) is 37.1 Å². The van der Waals surface area contributed by atoms with Gasteiger partial charge < -0.3 is 40.8 Å². The minimum absolute atomic E-state index is 0.00326. The first-order valence-electron chi connectivity index (χ1n) is 13.4. The van der Waals surface area contributed by atoms with E-state index >= 15 is 0 Å². The number of carboxylic acids is 2. The summed E-state index contributed by atoms with van der Waals surface area (Å²) < 4.78 is 4.01. The van der Waals surface area contributed by atoms with Crippen LogP contribution in [0.15, 0.2) is 59.4 Å². The maximum atomic E-state index is 13.3. The molecule has 5 N–H and O–H groups in total. The Morgan fingerprint density at radius 3 is 2.82 bits per heavy atom. The summed E-state index contributed by atoms with van der Waals surface area (Å²) >= 11 is 8.25. The molecule has 5 rings (SSSR count). The number of amides is 2. The van der Waals surface area contributed by atoms with Crippen molar-refractivity contribution >= 4 is 80.3 Å². The molecule has 236 valence electrons. The fraction of sp³-hybridized carbons (Fsp3) is 0.296. The molecule has 0 spiro atoms. The van der Waals surface area contributed by atoms with Crippen LogP contribution in [0, 0.1) is 0 Å². The van der Waals surface area contributed by atoms with Crippen LogP contribution < -0.4 is 26.0 Å². The highest BCUT2D eigenvalue weighted by Crippen LogP contribution is 2.40. The Hall–Kier alpha value is -4.45. The van der Waals surface area contributed by atoms with Gasteiger partial charge in [-0.2, -0.15) is 4.57 Å². The van der Waals surface area contributed by atoms with Crippen LogP contribution in [0.25, 0.3) is 11.0 Å². The van der Waals surface area contributed by atoms with Crippen LogP contribution in [0.3, 0.4) is 0 Å². The number of thioether (sulfide) groups is 1. The third-order valence-electron chi connectivity index (χ3n) is 7.06. The normalized spacial score (nSPS) is 18.0. The van der Waals surface area contributed by atoms with Crippen molar-refractivity contribution in [2.75, 3.05) is 25.1 Å². The van der Waals surface area contributed by atoms with E-state index in [-0.39, 0.29) is 33.2 Å². The summed E-state index contributed by atoms with van der Waals surface area (Å²) in [6, 6.07) is 4.68. The molecule has 5 heterocycles. The van der Waals surface area contributed by atoms with E-state index in [1.165, 1.54) is 11.8 Å². The quantitative estimate of drug-likeness (QED) is 0.0350. The summed E-state index contributed by atoms with van der Waals surface area (Å²) in [6.45, 7) is 5.06. The predicted molar refractivity (Wildman–Crippen MR) is 164 cm³/mol. The Morgan fingerprint density at radius 2 is 2.16 bits per heavy atom. The molecule has 2 aliphatic rings. The average molecular weight is 675 g/mol. The molecule has 2 atom stereocenters. The molecule has 0 saturated carbocycles. The van der Waals surface area contributed by atoms with Gasteiger partial charge in [0.05, 0.1) is 11.7 Å². The number of β-lactam (4-membered cyclic amide) rings is 1. The Bertz CT molecular complexity index is 1790. The third kappa shape index (κ3) is 6.37. The molecule has 0 bridgehead atoms. The van der Waals surface area contributed by atoms with Crippen LogP contribution >= 0.6 is 34.7 Å². The smallest absolute Gasteiger partial charge is 0.374 e. The standard InChI is InChI=1S/C27H27ClN8O7S2/c1-13(25(39)40)43-33-18(17-21(28)45-27(29)32-17)22(37)31-19-23(38)36-20(26(41)42)14(12-44-24(19)36)11-35-8-3-5-15-16(35)6-10-34(15)9-4-7-30-2/h3,5-6,8,10,19,24,30H,1,4,7,9,11-12H2,2H3,(H4-,29,31,32,37,39,40,41,42)/b33-18-/t19-,24-/m1/s1. The number of carbonyl (C=O) groups is 4. The Kier molecular flexibility index (Phi) is 9.42. The molecule has 3 aromatic heterocycles. The van der Waals surface area contributed by atoms with Gasteiger partial charge in [0.25, 0.3) is 11.8 Å². The second kappa shape index (κ2) is 13.3. The topological polar surface area (TPSA) is 208 Å². The summed E-state index contributed by atoms with van der Waals surface area (Å²) in [5.74, 6) is -5.25. The third-order valence-corrected chi connectivity index (χ3v) is 9.48. The summed E-state index contributed by atoms with van der Waals surface area (Å²) in [5.41, 5.74) is 7.05. The fourth-order valence-corrected chi connectivity index (χ4v) is 7.24. The maximum Gasteiger partial charge on any atom is 0.374 e. The van der Waals surface area contributed by atoms with E-state index in [2.05, 4.69) is 31.9 Å². The lowest BCUT2D eigenvalue weighted by molar-refractivity contribution is -0.663. The Labute approximate surface area is 269 Å². The molecule has 2 amide bonds. The van der Waals surface area contributed by atoms with Crippen molar-refractivity contribution in [2.24, 2.45) is 5.16 Å². The molecule has 1 saturated heterocycles. The number of oxime groups is 1. The number of aliphatic carboxylic acids is 2. The minimum atomic E-state index is -1.53. The number of aryl methyl sites for hydroxylation is 1. The van der Waals surface area contributed by atoms with Gasteiger partial charge in [-0.25, -0.2) is 9.78 Å². The van der Waals surface area contributed by atoms with Crippen molar-refractivity contribution < 1.29 is 38.8 Å². The highest BCUT2D eigenvalue weighted by Gasteiger charge is 2.53. The number of fused-ring (bicyclic) bond motifs is 2. The van der Waals surface area contributed by atoms with Gasteiger partial charge in [0, 0.05) is 36.2 Å². The van der Waals surface area contributed by atoms with Crippen molar-refractivity contribution in [2.45, 2.75) is 30.9 Å². The Morgan fingerprint density at radius 1 is 1.38 bits per heavy atom. The van der Waals surface area contributed by atoms with Crippen LogP contribution in [0.5, 0.6) is 0 Å². The van der Waals surface area contributed by atoms with E-state index in [9.17, 15) is 24.3 Å². The summed E-state index contributed by atoms with van der Waals surface area (Å²) in [7, 11) is 1.90. The van der Waals surface area contributed by atoms with Crippen molar-refractivity contribution in [1.82, 2.24) is 25.1 Å². The lowest BCUT2D eigenvalue weighted by Gasteiger charge is -2.50. The van der Waals surface area contributed by atoms with Crippen molar-refractivity contribution in [3.63, 3.8) is 0 Å². The number of thiazole rings is 1. The molecular formula is C27H27ClN8O7S2. The number of aromatic nitrogens is 3. The van der Waals surface area contributed by atoms with Gasteiger partial charge >= 0.3 is 5.97 Å². The molecular weight excluding hydrogens is 648 g/mol. The van der Waals surface area contributed by atoms with E-state index in [1.807, 2.05) is 42.2 Å². The molecule has 0 unspecified atom stereocenters. The summed E-state index contributed by atoms with van der Waals surface area (Å²) in [4.78, 5) is 59.8. The van der Waals surface area contributed by atoms with Gasteiger partial charge in [0.15, 0.2) is 23.6 Å². The SMILES string of the molecule is C=C(O/N=C(\C(=O)N[C@@H]1C(=O)N2C(C(=O)[O-])=C(C[n+]3cccc4c3ccn4CCCNC)CS[C@H]12)c1nc(N)sc1Cl)C(=O)O. The number of pyridine rings is 1. The van der Waals surface area contributed by atoms with Gasteiger partial charge in [-0.3, -0.25) is 14.5 Å². The lowest BCUT2D eigenvalue weighted by atomic mass is 10.0. The fourth-order valence-electron chi connectivity index (χ4n) is 4.98. The molecule has 3 aromatic rings. The second-order valence-corrected chi connectivity index (χ2v) is 12.6. The van der Waals surface area contributed by atoms with Crippen molar-refractivity contribution in [1.29, 1.82) is 0 Å². The number of nitrogens with one attached hydrogen (secondary N) is 2. The number of anilines is 1. The molecule has 0 aliphatic carbocycles. The number of hydrogen-bond donors (Lipinski definition) is 4. The zero-order chi connectivity index (χ0) is 32.4. The van der Waals surface area contributed by atoms with Crippen LogP contribution in [0.2, 0.25) is 4.34 Å². The van der Waals surface area contributed by atoms with E-state index in [1.54, 1.807) is 0 Å². The average Bonchev–Trinajstić information content (AvgIpc) is 3.57. The zero-order valence-corrected chi connectivity index (χ0v) is 26.1. The monoisotopic (exact) mass is 674 g/mol. The molecule has 45 heavy (non-hydrogen) atoms.